The molecule has 4 N–H and O–H groups in total. The van der Waals surface area contributed by atoms with Crippen LogP contribution in [0.25, 0.3) is 22.3 Å². The van der Waals surface area contributed by atoms with Gasteiger partial charge in [-0.05, 0) is 171 Å². The average molecular weight is 1170 g/mol. The zero-order valence-electron chi connectivity index (χ0n) is 29.4. The summed E-state index contributed by atoms with van der Waals surface area (Å²) in [6.07, 6.45) is 4.23. The van der Waals surface area contributed by atoms with Gasteiger partial charge in [-0.1, -0.05) is 132 Å². The molecule has 5 aromatic carbocycles. The minimum absolute atomic E-state index is 0. The van der Waals surface area contributed by atoms with Gasteiger partial charge in [0.15, 0.2) is 0 Å². The van der Waals surface area contributed by atoms with Crippen LogP contribution in [0.15, 0.2) is 115 Å². The first-order valence-electron chi connectivity index (χ1n) is 16.3. The second kappa shape index (κ2) is 26.2. The van der Waals surface area contributed by atoms with Crippen molar-refractivity contribution in [2.45, 2.75) is 53.4 Å². The second-order valence-corrected chi connectivity index (χ2v) is 16.8. The van der Waals surface area contributed by atoms with Crippen LogP contribution >= 0.6 is 109 Å². The Kier molecular flexibility index (Phi) is 24.9. The predicted octanol–water partition coefficient (Wildman–Crippen LogP) is 12.2. The lowest BCUT2D eigenvalue weighted by molar-refractivity contribution is 0.199. The summed E-state index contributed by atoms with van der Waals surface area (Å²) in [4.78, 5) is 0. The van der Waals surface area contributed by atoms with Crippen molar-refractivity contribution < 1.29 is 20.3 Å². The maximum Gasteiger partial charge on any atom is 0.488 e. The van der Waals surface area contributed by atoms with Crippen LogP contribution in [0.4, 0.5) is 0 Å². The number of ether oxygens (including phenoxy) is 1. The van der Waals surface area contributed by atoms with Gasteiger partial charge in [0.05, 0.1) is 0 Å². The summed E-state index contributed by atoms with van der Waals surface area (Å²) < 4.78 is 11.7. The van der Waals surface area contributed by atoms with Crippen molar-refractivity contribution in [2.75, 3.05) is 13.7 Å². The third kappa shape index (κ3) is 16.7. The van der Waals surface area contributed by atoms with E-state index in [2.05, 4.69) is 209 Å². The van der Waals surface area contributed by atoms with E-state index in [1.165, 1.54) is 46.1 Å². The fraction of sp³-hybridized carbons (Fsp3) is 0.250. The van der Waals surface area contributed by atoms with Gasteiger partial charge >= 0.3 is 7.12 Å². The number of hydrogen-bond donors (Lipinski definition) is 2. The number of methoxy groups -OCH3 is 1. The van der Waals surface area contributed by atoms with Gasteiger partial charge in [-0.15, -0.1) is 0 Å². The number of hydrogen-bond acceptors (Lipinski definition) is 3. The van der Waals surface area contributed by atoms with E-state index >= 15 is 0 Å². The fourth-order valence-electron chi connectivity index (χ4n) is 4.46. The van der Waals surface area contributed by atoms with Crippen molar-refractivity contribution in [3.63, 3.8) is 0 Å². The molecule has 51 heavy (non-hydrogen) atoms. The van der Waals surface area contributed by atoms with Crippen molar-refractivity contribution in [3.8, 4) is 22.3 Å². The van der Waals surface area contributed by atoms with Gasteiger partial charge in [0.2, 0.25) is 0 Å². The van der Waals surface area contributed by atoms with Gasteiger partial charge in [-0.25, -0.2) is 0 Å². The molecular weight excluding hydrogens is 1130 g/mol. The molecule has 0 spiro atoms. The van der Waals surface area contributed by atoms with E-state index in [1.807, 2.05) is 12.1 Å². The van der Waals surface area contributed by atoms with Gasteiger partial charge in [0.1, 0.15) is 0 Å². The highest BCUT2D eigenvalue weighted by Gasteiger charge is 2.11. The minimum Gasteiger partial charge on any atom is -0.423 e. The molecule has 0 saturated heterocycles. The molecule has 0 amide bonds. The first kappa shape index (κ1) is 48.4. The lowest BCUT2D eigenvalue weighted by Gasteiger charge is -2.12. The highest BCUT2D eigenvalue weighted by atomic mass is 127. The Morgan fingerprint density at radius 1 is 0.549 bits per heavy atom. The summed E-state index contributed by atoms with van der Waals surface area (Å²) in [7, 11) is 0.365. The molecule has 4 nitrogen and oxygen atoms in total. The van der Waals surface area contributed by atoms with Crippen LogP contribution in [0, 0.1) is 7.14 Å². The maximum absolute atomic E-state index is 8.74. The summed E-state index contributed by atoms with van der Waals surface area (Å²) >= 11 is 19.0. The molecule has 0 unspecified atom stereocenters. The van der Waals surface area contributed by atoms with E-state index in [0.29, 0.717) is 5.46 Å². The Morgan fingerprint density at radius 3 is 1.14 bits per heavy atom. The van der Waals surface area contributed by atoms with E-state index in [-0.39, 0.29) is 5.48 Å². The molecule has 0 saturated carbocycles. The number of aryl methyl sites for hydroxylation is 3. The SMILES string of the molecule is Brc1cc(I)c(Br)cc1I.CCCOC.CCc1ccc(-c2cc(Br)c(-c3ccc(CC)cc3)cc2Br)cc1.CCc1ccc(B(O)O)cc1.O. The van der Waals surface area contributed by atoms with Crippen LogP contribution in [-0.4, -0.2) is 36.4 Å². The van der Waals surface area contributed by atoms with Crippen molar-refractivity contribution in [1.29, 1.82) is 0 Å². The first-order valence-corrected chi connectivity index (χ1v) is 21.6. The predicted molar refractivity (Wildman–Crippen MR) is 250 cm³/mol. The standard InChI is InChI=1S/C22H20Br2.C8H11BO2.C6H2Br2I2.C4H10O.H2O/c1-3-15-5-9-17(10-6-15)19-13-22(24)20(14-21(19)23)18-11-7-16(4-2)8-12-18;1-2-7-3-5-8(6-4-7)9(10)11;7-3-1-5(9)4(8)2-6(3)10;1-3-4-5-2;/h5-14H,3-4H2,1-2H3;3-6,10-11H,2H2,1H3;1-2H;3-4H2,1-2H3;1H2. The molecule has 0 aliphatic rings. The summed E-state index contributed by atoms with van der Waals surface area (Å²) in [6.45, 7) is 9.40. The highest BCUT2D eigenvalue weighted by molar-refractivity contribution is 14.1. The molecular formula is C40H45BBr4I2O4. The lowest BCUT2D eigenvalue weighted by atomic mass is 9.80. The molecule has 0 radical (unpaired) electrons. The van der Waals surface area contributed by atoms with Crippen LogP contribution in [0.1, 0.15) is 50.8 Å². The number of benzene rings is 5. The molecule has 0 aliphatic heterocycles. The Labute approximate surface area is 365 Å². The van der Waals surface area contributed by atoms with Gasteiger partial charge in [-0.2, -0.15) is 0 Å². The maximum atomic E-state index is 8.74. The first-order chi connectivity index (χ1) is 23.9. The van der Waals surface area contributed by atoms with E-state index in [0.717, 1.165) is 50.2 Å². The summed E-state index contributed by atoms with van der Waals surface area (Å²) in [6, 6.07) is 33.4. The van der Waals surface area contributed by atoms with Crippen LogP contribution < -0.4 is 5.46 Å². The molecule has 0 heterocycles. The average Bonchev–Trinajstić information content (AvgIpc) is 3.13. The smallest absolute Gasteiger partial charge is 0.423 e. The molecule has 0 bridgehead atoms. The Bertz CT molecular complexity index is 1610. The van der Waals surface area contributed by atoms with Crippen molar-refractivity contribution in [3.05, 3.63) is 139 Å². The summed E-state index contributed by atoms with van der Waals surface area (Å²) in [5.74, 6) is 0. The minimum atomic E-state index is -1.35. The zero-order valence-corrected chi connectivity index (χ0v) is 40.1. The van der Waals surface area contributed by atoms with Gasteiger partial charge in [0.25, 0.3) is 0 Å². The van der Waals surface area contributed by atoms with Crippen LogP contribution in [0.3, 0.4) is 0 Å². The van der Waals surface area contributed by atoms with E-state index in [9.17, 15) is 0 Å². The van der Waals surface area contributed by atoms with E-state index < -0.39 is 7.12 Å². The topological polar surface area (TPSA) is 81.2 Å². The van der Waals surface area contributed by atoms with Crippen molar-refractivity contribution in [1.82, 2.24) is 0 Å². The molecule has 274 valence electrons. The molecule has 11 heteroatoms. The Hall–Kier alpha value is -0.615. The lowest BCUT2D eigenvalue weighted by Crippen LogP contribution is -2.29. The number of halogens is 6. The Morgan fingerprint density at radius 2 is 0.882 bits per heavy atom. The largest absolute Gasteiger partial charge is 0.488 e. The molecule has 0 fully saturated rings. The van der Waals surface area contributed by atoms with E-state index in [1.54, 1.807) is 19.2 Å². The Balaban J connectivity index is 0.000000400. The summed E-state index contributed by atoms with van der Waals surface area (Å²) in [5.41, 5.74) is 9.34. The molecule has 5 aromatic rings. The molecule has 0 aliphatic carbocycles. The summed E-state index contributed by atoms with van der Waals surface area (Å²) in [5, 5.41) is 17.5. The third-order valence-electron chi connectivity index (χ3n) is 7.46. The van der Waals surface area contributed by atoms with Crippen LogP contribution in [0.5, 0.6) is 0 Å². The molecule has 5 rings (SSSR count). The molecule has 0 atom stereocenters. The second-order valence-electron chi connectivity index (χ2n) is 11.1. The quantitative estimate of drug-likeness (QED) is 0.0923. The zero-order chi connectivity index (χ0) is 37.2. The van der Waals surface area contributed by atoms with Gasteiger partial charge < -0.3 is 20.3 Å². The van der Waals surface area contributed by atoms with Crippen molar-refractivity contribution in [2.24, 2.45) is 0 Å². The van der Waals surface area contributed by atoms with E-state index in [4.69, 9.17) is 14.8 Å². The van der Waals surface area contributed by atoms with Gasteiger partial charge in [0, 0.05) is 38.7 Å². The normalized spacial score (nSPS) is 9.98. The third-order valence-corrected chi connectivity index (χ3v) is 13.4. The molecule has 0 aromatic heterocycles. The van der Waals surface area contributed by atoms with Gasteiger partial charge in [-0.3, -0.25) is 0 Å². The monoisotopic (exact) mass is 1170 g/mol. The fourth-order valence-corrected chi connectivity index (χ4v) is 8.08. The number of rotatable bonds is 8. The van der Waals surface area contributed by atoms with Crippen LogP contribution in [-0.2, 0) is 24.0 Å². The van der Waals surface area contributed by atoms with Crippen LogP contribution in [0.2, 0.25) is 0 Å². The highest BCUT2D eigenvalue weighted by Crippen LogP contribution is 2.38. The van der Waals surface area contributed by atoms with Crippen molar-refractivity contribution >= 4 is 121 Å².